The first-order valence-electron chi connectivity index (χ1n) is 9.94. The summed E-state index contributed by atoms with van der Waals surface area (Å²) in [6.45, 7) is 7.20. The van der Waals surface area contributed by atoms with Gasteiger partial charge in [-0.2, -0.15) is 0 Å². The highest BCUT2D eigenvalue weighted by molar-refractivity contribution is 7.80. The van der Waals surface area contributed by atoms with E-state index in [9.17, 15) is 5.11 Å². The van der Waals surface area contributed by atoms with Gasteiger partial charge in [0.25, 0.3) is 0 Å². The van der Waals surface area contributed by atoms with Crippen molar-refractivity contribution in [1.29, 1.82) is 0 Å². The Kier molecular flexibility index (Phi) is 6.47. The molecule has 1 aliphatic heterocycles. The van der Waals surface area contributed by atoms with Crippen LogP contribution in [-0.2, 0) is 6.54 Å². The zero-order valence-corrected chi connectivity index (χ0v) is 19.3. The monoisotopic (exact) mass is 442 g/mol. The van der Waals surface area contributed by atoms with Gasteiger partial charge in [0.2, 0.25) is 0 Å². The molecule has 0 unspecified atom stereocenters. The van der Waals surface area contributed by atoms with Crippen molar-refractivity contribution in [2.45, 2.75) is 19.9 Å². The zero-order valence-electron chi connectivity index (χ0n) is 16.9. The molecule has 4 rings (SSSR count). The van der Waals surface area contributed by atoms with E-state index >= 15 is 0 Å². The Hall–Kier alpha value is -1.57. The molecule has 0 spiro atoms. The van der Waals surface area contributed by atoms with Gasteiger partial charge >= 0.3 is 0 Å². The number of benzene rings is 2. The molecule has 0 atom stereocenters. The average molecular weight is 443 g/mol. The summed E-state index contributed by atoms with van der Waals surface area (Å²) in [6.07, 6.45) is 1.17. The molecule has 0 aliphatic carbocycles. The van der Waals surface area contributed by atoms with Crippen LogP contribution in [0.5, 0.6) is 5.75 Å². The number of hydrogen-bond donors (Lipinski definition) is 1. The Morgan fingerprint density at radius 3 is 2.52 bits per heavy atom. The molecule has 0 bridgehead atoms. The van der Waals surface area contributed by atoms with E-state index in [-0.39, 0.29) is 0 Å². The molecule has 1 N–H and O–H groups in total. The predicted octanol–water partition coefficient (Wildman–Crippen LogP) is 6.02. The summed E-state index contributed by atoms with van der Waals surface area (Å²) < 4.78 is 0.930. The second-order valence-corrected chi connectivity index (χ2v) is 10.6. The standard InChI is InChI=1S/C23H26N2OS3/c1-16-4-6-17(7-5-16)21-22(28-29-23(21)27)18-8-9-20(26)19(14-18)15-25-11-3-10-24(2)12-13-25/h4-9,14,26H,3,10-13,15H2,1-2H3. The van der Waals surface area contributed by atoms with Crippen molar-refractivity contribution in [1.82, 2.24) is 9.80 Å². The molecule has 1 aliphatic rings. The van der Waals surface area contributed by atoms with Crippen LogP contribution in [0.15, 0.2) is 42.5 Å². The Bertz CT molecular complexity index is 1040. The largest absolute Gasteiger partial charge is 0.508 e. The summed E-state index contributed by atoms with van der Waals surface area (Å²) in [5.41, 5.74) is 5.68. The maximum absolute atomic E-state index is 10.5. The number of nitrogens with zero attached hydrogens (tertiary/aromatic N) is 2. The first kappa shape index (κ1) is 20.7. The number of likely N-dealkylation sites (N-methyl/N-ethyl adjacent to an activating group) is 1. The van der Waals surface area contributed by atoms with Crippen molar-refractivity contribution < 1.29 is 5.11 Å². The van der Waals surface area contributed by atoms with Gasteiger partial charge in [0.05, 0.1) is 4.88 Å². The average Bonchev–Trinajstić information content (AvgIpc) is 2.97. The molecule has 2 aromatic carbocycles. The molecule has 0 amide bonds. The Morgan fingerprint density at radius 1 is 0.966 bits per heavy atom. The number of aromatic hydroxyl groups is 1. The molecule has 0 radical (unpaired) electrons. The van der Waals surface area contributed by atoms with Crippen LogP contribution in [-0.4, -0.2) is 48.1 Å². The second-order valence-electron chi connectivity index (χ2n) is 7.80. The van der Waals surface area contributed by atoms with E-state index in [1.54, 1.807) is 20.7 Å². The Labute approximate surface area is 185 Å². The van der Waals surface area contributed by atoms with Gasteiger partial charge in [-0.05, 0) is 62.8 Å². The Balaban J connectivity index is 1.66. The van der Waals surface area contributed by atoms with Gasteiger partial charge in [-0.15, -0.1) is 0 Å². The molecule has 0 saturated carbocycles. The van der Waals surface area contributed by atoms with Crippen LogP contribution >= 0.6 is 32.9 Å². The van der Waals surface area contributed by atoms with Gasteiger partial charge in [-0.25, -0.2) is 0 Å². The quantitative estimate of drug-likeness (QED) is 0.394. The third-order valence-corrected chi connectivity index (χ3v) is 8.59. The molecule has 1 aromatic heterocycles. The lowest BCUT2D eigenvalue weighted by atomic mass is 10.0. The molecule has 152 valence electrons. The van der Waals surface area contributed by atoms with Crippen LogP contribution in [0.3, 0.4) is 0 Å². The van der Waals surface area contributed by atoms with Crippen molar-refractivity contribution in [2.75, 3.05) is 33.2 Å². The highest BCUT2D eigenvalue weighted by Crippen LogP contribution is 2.42. The van der Waals surface area contributed by atoms with Crippen molar-refractivity contribution in [2.24, 2.45) is 0 Å². The van der Waals surface area contributed by atoms with E-state index in [0.717, 1.165) is 53.2 Å². The molecule has 1 fully saturated rings. The highest BCUT2D eigenvalue weighted by atomic mass is 32.9. The topological polar surface area (TPSA) is 26.7 Å². The molecular weight excluding hydrogens is 416 g/mol. The maximum atomic E-state index is 10.5. The normalized spacial score (nSPS) is 16.1. The van der Waals surface area contributed by atoms with Crippen LogP contribution in [0.4, 0.5) is 0 Å². The number of phenols is 1. The fourth-order valence-electron chi connectivity index (χ4n) is 3.77. The van der Waals surface area contributed by atoms with Crippen molar-refractivity contribution in [3.63, 3.8) is 0 Å². The number of hydrogen-bond acceptors (Lipinski definition) is 6. The minimum Gasteiger partial charge on any atom is -0.508 e. The smallest absolute Gasteiger partial charge is 0.120 e. The van der Waals surface area contributed by atoms with E-state index in [1.807, 2.05) is 12.1 Å². The third-order valence-electron chi connectivity index (χ3n) is 5.52. The summed E-state index contributed by atoms with van der Waals surface area (Å²) in [5.74, 6) is 0.377. The first-order valence-corrected chi connectivity index (χ1v) is 12.5. The summed E-state index contributed by atoms with van der Waals surface area (Å²) in [6, 6.07) is 14.6. The lowest BCUT2D eigenvalue weighted by molar-refractivity contribution is 0.266. The Morgan fingerprint density at radius 2 is 1.72 bits per heavy atom. The first-order chi connectivity index (χ1) is 14.0. The van der Waals surface area contributed by atoms with E-state index in [1.165, 1.54) is 22.4 Å². The lowest BCUT2D eigenvalue weighted by Crippen LogP contribution is -2.28. The van der Waals surface area contributed by atoms with E-state index in [0.29, 0.717) is 5.75 Å². The summed E-state index contributed by atoms with van der Waals surface area (Å²) in [4.78, 5) is 6.02. The zero-order chi connectivity index (χ0) is 20.4. The van der Waals surface area contributed by atoms with Crippen LogP contribution in [0.1, 0.15) is 17.5 Å². The molecule has 6 heteroatoms. The van der Waals surface area contributed by atoms with E-state index < -0.39 is 0 Å². The van der Waals surface area contributed by atoms with Crippen LogP contribution < -0.4 is 0 Å². The minimum atomic E-state index is 0.377. The molecule has 1 saturated heterocycles. The minimum absolute atomic E-state index is 0.377. The number of phenolic OH excluding ortho intramolecular Hbond substituents is 1. The van der Waals surface area contributed by atoms with E-state index in [4.69, 9.17) is 12.2 Å². The fraction of sp³-hybridized carbons (Fsp3) is 0.348. The van der Waals surface area contributed by atoms with Crippen LogP contribution in [0, 0.1) is 10.7 Å². The lowest BCUT2D eigenvalue weighted by Gasteiger charge is -2.21. The molecule has 29 heavy (non-hydrogen) atoms. The van der Waals surface area contributed by atoms with Gasteiger partial charge in [-0.3, -0.25) is 4.90 Å². The predicted molar refractivity (Wildman–Crippen MR) is 128 cm³/mol. The van der Waals surface area contributed by atoms with Gasteiger partial charge in [-0.1, -0.05) is 62.7 Å². The SMILES string of the molecule is Cc1ccc(-c2c(-c3ccc(O)c(CN4CCCN(C)CC4)c3)ssc2=S)cc1. The van der Waals surface area contributed by atoms with Gasteiger partial charge in [0, 0.05) is 30.8 Å². The van der Waals surface area contributed by atoms with Gasteiger partial charge < -0.3 is 10.0 Å². The number of aryl methyl sites for hydroxylation is 1. The van der Waals surface area contributed by atoms with Crippen LogP contribution in [0.25, 0.3) is 21.6 Å². The summed E-state index contributed by atoms with van der Waals surface area (Å²) >= 11 is 5.67. The number of rotatable bonds is 4. The summed E-state index contributed by atoms with van der Waals surface area (Å²) in [7, 11) is 5.56. The fourth-order valence-corrected chi connectivity index (χ4v) is 6.68. The molecule has 3 nitrogen and oxygen atoms in total. The van der Waals surface area contributed by atoms with Crippen molar-refractivity contribution >= 4 is 32.9 Å². The summed E-state index contributed by atoms with van der Waals surface area (Å²) in [5, 5.41) is 10.5. The van der Waals surface area contributed by atoms with E-state index in [2.05, 4.69) is 54.1 Å². The molecule has 2 heterocycles. The van der Waals surface area contributed by atoms with Crippen molar-refractivity contribution in [3.05, 3.63) is 57.4 Å². The molecular formula is C23H26N2OS3. The van der Waals surface area contributed by atoms with Gasteiger partial charge in [0.15, 0.2) is 0 Å². The second kappa shape index (κ2) is 9.06. The van der Waals surface area contributed by atoms with Gasteiger partial charge in [0.1, 0.15) is 9.57 Å². The maximum Gasteiger partial charge on any atom is 0.120 e. The molecule has 3 aromatic rings. The third kappa shape index (κ3) is 4.78. The van der Waals surface area contributed by atoms with Crippen LogP contribution in [0.2, 0.25) is 0 Å². The highest BCUT2D eigenvalue weighted by Gasteiger charge is 2.17. The van der Waals surface area contributed by atoms with Crippen molar-refractivity contribution in [3.8, 4) is 27.3 Å².